The highest BCUT2D eigenvalue weighted by Crippen LogP contribution is 2.39. The van der Waals surface area contributed by atoms with E-state index in [2.05, 4.69) is 33.4 Å². The molecule has 0 saturated carbocycles. The van der Waals surface area contributed by atoms with Crippen LogP contribution in [0.25, 0.3) is 77.8 Å². The number of hydrogen-bond acceptors (Lipinski definition) is 10. The molecule has 11 aromatic rings. The second kappa shape index (κ2) is 17.0. The fourth-order valence-corrected chi connectivity index (χ4v) is 8.78. The number of methoxy groups -OCH3 is 2. The Morgan fingerprint density at radius 3 is 1.28 bits per heavy atom. The van der Waals surface area contributed by atoms with Crippen molar-refractivity contribution in [1.82, 2.24) is 29.1 Å². The van der Waals surface area contributed by atoms with Gasteiger partial charge in [0.25, 0.3) is 0 Å². The van der Waals surface area contributed by atoms with E-state index in [1.807, 2.05) is 98.8 Å². The zero-order valence-corrected chi connectivity index (χ0v) is 37.3. The van der Waals surface area contributed by atoms with Gasteiger partial charge in [0.15, 0.2) is 0 Å². The van der Waals surface area contributed by atoms with Gasteiger partial charge in [-0.3, -0.25) is 19.1 Å². The molecule has 0 N–H and O–H groups in total. The van der Waals surface area contributed by atoms with Crippen LogP contribution in [0.5, 0.6) is 23.0 Å². The summed E-state index contributed by atoms with van der Waals surface area (Å²) in [7, 11) is 2.67. The third-order valence-corrected chi connectivity index (χ3v) is 12.0. The van der Waals surface area contributed by atoms with E-state index < -0.39 is 11.9 Å². The van der Waals surface area contributed by atoms with Crippen LogP contribution in [-0.2, 0) is 9.47 Å². The first-order valence-electron chi connectivity index (χ1n) is 21.8. The molecule has 12 heteroatoms. The van der Waals surface area contributed by atoms with E-state index in [4.69, 9.17) is 38.9 Å². The van der Waals surface area contributed by atoms with Gasteiger partial charge in [-0.05, 0) is 110 Å². The number of ether oxygens (including phenoxy) is 4. The SMILES string of the molecule is COC(=O)c1ccc(-c2cnc(-c3ccc(C(=O)OC)c(Oc4ccc5c6ccccc6n(-c6cc(C)ccn6)c5c4)c3)cn2)cc1Oc1ccc2c3ccccc3n(-c3cc(C)ccn3)c2c1. The molecule has 0 atom stereocenters. The minimum Gasteiger partial charge on any atom is -0.465 e. The highest BCUT2D eigenvalue weighted by Gasteiger charge is 2.21. The first kappa shape index (κ1) is 41.5. The first-order valence-corrected chi connectivity index (χ1v) is 21.8. The van der Waals surface area contributed by atoms with Crippen LogP contribution in [0.1, 0.15) is 31.8 Å². The molecule has 0 fully saturated rings. The van der Waals surface area contributed by atoms with Gasteiger partial charge < -0.3 is 18.9 Å². The summed E-state index contributed by atoms with van der Waals surface area (Å²) < 4.78 is 27.6. The predicted molar refractivity (Wildman–Crippen MR) is 262 cm³/mol. The quantitative estimate of drug-likeness (QED) is 0.122. The van der Waals surface area contributed by atoms with Crippen LogP contribution in [-0.4, -0.2) is 55.2 Å². The van der Waals surface area contributed by atoms with Crippen molar-refractivity contribution in [3.05, 3.63) is 193 Å². The third kappa shape index (κ3) is 7.39. The predicted octanol–water partition coefficient (Wildman–Crippen LogP) is 12.6. The molecule has 6 aromatic carbocycles. The number of benzene rings is 6. The van der Waals surface area contributed by atoms with Gasteiger partial charge in [-0.25, -0.2) is 19.6 Å². The number of carbonyl (C=O) groups excluding carboxylic acids is 2. The molecule has 330 valence electrons. The van der Waals surface area contributed by atoms with E-state index in [-0.39, 0.29) is 22.6 Å². The van der Waals surface area contributed by atoms with Gasteiger partial charge in [-0.15, -0.1) is 0 Å². The van der Waals surface area contributed by atoms with Crippen molar-refractivity contribution in [3.63, 3.8) is 0 Å². The number of fused-ring (bicyclic) bond motifs is 6. The summed E-state index contributed by atoms with van der Waals surface area (Å²) in [6, 6.07) is 46.5. The van der Waals surface area contributed by atoms with Crippen LogP contribution in [0, 0.1) is 13.8 Å². The summed E-state index contributed by atoms with van der Waals surface area (Å²) in [5.41, 5.74) is 8.85. The normalized spacial score (nSPS) is 11.4. The zero-order chi connectivity index (χ0) is 46.5. The lowest BCUT2D eigenvalue weighted by Gasteiger charge is -2.14. The Kier molecular flexibility index (Phi) is 10.4. The number of hydrogen-bond donors (Lipinski definition) is 0. The van der Waals surface area contributed by atoms with Gasteiger partial charge in [0, 0.05) is 57.2 Å². The number of esters is 2. The van der Waals surface area contributed by atoms with E-state index in [1.54, 1.807) is 61.2 Å². The average molecular weight is 893 g/mol. The Hall–Kier alpha value is -9.16. The Morgan fingerprint density at radius 1 is 0.441 bits per heavy atom. The molecule has 5 heterocycles. The van der Waals surface area contributed by atoms with E-state index in [0.717, 1.165) is 66.4 Å². The van der Waals surface area contributed by atoms with Crippen LogP contribution in [0.3, 0.4) is 0 Å². The van der Waals surface area contributed by atoms with Crippen molar-refractivity contribution < 1.29 is 28.5 Å². The molecule has 0 aliphatic rings. The summed E-state index contributed by atoms with van der Waals surface area (Å²) in [5, 5.41) is 4.22. The summed E-state index contributed by atoms with van der Waals surface area (Å²) in [5.74, 6) is 2.05. The lowest BCUT2D eigenvalue weighted by Crippen LogP contribution is -2.04. The van der Waals surface area contributed by atoms with Gasteiger partial charge in [-0.1, -0.05) is 48.5 Å². The van der Waals surface area contributed by atoms with Gasteiger partial charge in [0.05, 0.1) is 60.1 Å². The van der Waals surface area contributed by atoms with E-state index in [0.29, 0.717) is 34.0 Å². The fourth-order valence-electron chi connectivity index (χ4n) is 8.78. The smallest absolute Gasteiger partial charge is 0.341 e. The van der Waals surface area contributed by atoms with Gasteiger partial charge in [0.2, 0.25) is 0 Å². The summed E-state index contributed by atoms with van der Waals surface area (Å²) >= 11 is 0. The molecule has 0 aliphatic heterocycles. The minimum atomic E-state index is -0.550. The van der Waals surface area contributed by atoms with Crippen LogP contribution in [0.2, 0.25) is 0 Å². The zero-order valence-electron chi connectivity index (χ0n) is 37.3. The number of para-hydroxylation sites is 2. The second-order valence-corrected chi connectivity index (χ2v) is 16.3. The molecule has 0 saturated heterocycles. The van der Waals surface area contributed by atoms with Gasteiger partial charge in [-0.2, -0.15) is 0 Å². The molecule has 12 nitrogen and oxygen atoms in total. The second-order valence-electron chi connectivity index (χ2n) is 16.3. The van der Waals surface area contributed by atoms with Crippen molar-refractivity contribution in [1.29, 1.82) is 0 Å². The molecule has 0 spiro atoms. The maximum absolute atomic E-state index is 13.1. The maximum atomic E-state index is 13.1. The molecule has 68 heavy (non-hydrogen) atoms. The third-order valence-electron chi connectivity index (χ3n) is 12.0. The number of pyridine rings is 2. The molecular weight excluding hydrogens is 853 g/mol. The van der Waals surface area contributed by atoms with Crippen LogP contribution in [0.15, 0.2) is 170 Å². The van der Waals surface area contributed by atoms with Crippen molar-refractivity contribution in [2.75, 3.05) is 14.2 Å². The Balaban J connectivity index is 0.922. The van der Waals surface area contributed by atoms with Gasteiger partial charge >= 0.3 is 11.9 Å². The Labute approximate surface area is 389 Å². The van der Waals surface area contributed by atoms with E-state index >= 15 is 0 Å². The summed E-state index contributed by atoms with van der Waals surface area (Å²) in [6.07, 6.45) is 6.89. The van der Waals surface area contributed by atoms with E-state index in [9.17, 15) is 9.59 Å². The molecule has 0 bridgehead atoms. The number of nitrogens with zero attached hydrogens (tertiary/aromatic N) is 6. The molecule has 0 amide bonds. The fraction of sp³-hybridized carbons (Fsp3) is 0.0714. The molecule has 0 radical (unpaired) electrons. The highest BCUT2D eigenvalue weighted by atomic mass is 16.5. The lowest BCUT2D eigenvalue weighted by atomic mass is 10.1. The topological polar surface area (TPSA) is 132 Å². The number of aromatic nitrogens is 6. The number of aryl methyl sites for hydroxylation is 2. The van der Waals surface area contributed by atoms with Crippen LogP contribution in [0.4, 0.5) is 0 Å². The largest absolute Gasteiger partial charge is 0.465 e. The van der Waals surface area contributed by atoms with Crippen molar-refractivity contribution in [3.8, 4) is 57.1 Å². The molecule has 11 rings (SSSR count). The molecule has 0 unspecified atom stereocenters. The summed E-state index contributed by atoms with van der Waals surface area (Å²) in [4.78, 5) is 45.2. The summed E-state index contributed by atoms with van der Waals surface area (Å²) in [6.45, 7) is 4.08. The number of carbonyl (C=O) groups is 2. The standard InChI is InChI=1S/C56H40N6O6/c1-33-21-23-57-53(25-33)61-47-11-7-5-9-39(47)41-19-15-37(29-49(41)61)67-51-27-35(13-17-43(51)55(63)65-3)45-31-60-46(32-59-45)36-14-18-44(56(64)66-4)52(28-36)68-38-16-20-42-40-10-6-8-12-48(40)62(50(42)30-38)54-26-34(2)22-24-58-54/h5-32H,1-4H3. The van der Waals surface area contributed by atoms with Gasteiger partial charge in [0.1, 0.15) is 45.8 Å². The van der Waals surface area contributed by atoms with Crippen molar-refractivity contribution in [2.24, 2.45) is 0 Å². The number of rotatable bonds is 10. The molecule has 5 aromatic heterocycles. The monoisotopic (exact) mass is 892 g/mol. The Morgan fingerprint density at radius 2 is 0.868 bits per heavy atom. The average Bonchev–Trinajstić information content (AvgIpc) is 3.88. The maximum Gasteiger partial charge on any atom is 0.341 e. The first-order chi connectivity index (χ1) is 33.2. The molecular formula is C56H40N6O6. The van der Waals surface area contributed by atoms with Crippen LogP contribution >= 0.6 is 0 Å². The lowest BCUT2D eigenvalue weighted by molar-refractivity contribution is 0.0588. The highest BCUT2D eigenvalue weighted by molar-refractivity contribution is 6.10. The van der Waals surface area contributed by atoms with Crippen molar-refractivity contribution in [2.45, 2.75) is 13.8 Å². The van der Waals surface area contributed by atoms with E-state index in [1.165, 1.54) is 14.2 Å². The van der Waals surface area contributed by atoms with Crippen LogP contribution < -0.4 is 9.47 Å². The molecule has 0 aliphatic carbocycles. The van der Waals surface area contributed by atoms with Crippen molar-refractivity contribution >= 4 is 55.6 Å². The Bertz CT molecular complexity index is 3550. The minimum absolute atomic E-state index is 0.243.